The predicted octanol–water partition coefficient (Wildman–Crippen LogP) is 5.79. The van der Waals surface area contributed by atoms with Gasteiger partial charge in [-0.05, 0) is 55.7 Å². The molecule has 0 atom stereocenters. The van der Waals surface area contributed by atoms with Crippen molar-refractivity contribution >= 4 is 33.0 Å². The summed E-state index contributed by atoms with van der Waals surface area (Å²) in [5.41, 5.74) is 0.735. The first-order valence-electron chi connectivity index (χ1n) is 8.42. The highest BCUT2D eigenvalue weighted by Gasteiger charge is 2.10. The van der Waals surface area contributed by atoms with Crippen molar-refractivity contribution in [3.8, 4) is 0 Å². The Morgan fingerprint density at radius 3 is 2.17 bits per heavy atom. The summed E-state index contributed by atoms with van der Waals surface area (Å²) in [5.74, 6) is 0.978. The van der Waals surface area contributed by atoms with E-state index >= 15 is 0 Å². The van der Waals surface area contributed by atoms with Gasteiger partial charge in [-0.3, -0.25) is 4.79 Å². The van der Waals surface area contributed by atoms with E-state index in [2.05, 4.69) is 34.8 Å². The van der Waals surface area contributed by atoms with Crippen LogP contribution < -0.4 is 0 Å². The van der Waals surface area contributed by atoms with Crippen molar-refractivity contribution in [2.24, 2.45) is 5.92 Å². The van der Waals surface area contributed by atoms with Gasteiger partial charge in [0.15, 0.2) is 6.29 Å². The van der Waals surface area contributed by atoms with E-state index in [1.165, 1.54) is 25.9 Å². The first-order chi connectivity index (χ1) is 11.1. The number of aldehydes is 1. The SMILES string of the molecule is CC.CC1CCN(C)CC1.O=Cc1cccc2c(Br)cccc12. The van der Waals surface area contributed by atoms with Crippen LogP contribution in [0.2, 0.25) is 0 Å². The monoisotopic (exact) mass is 377 g/mol. The molecule has 0 aliphatic carbocycles. The molecular formula is C20H28BrNO. The van der Waals surface area contributed by atoms with Crippen molar-refractivity contribution in [1.29, 1.82) is 0 Å². The molecule has 1 heterocycles. The largest absolute Gasteiger partial charge is 0.306 e. The van der Waals surface area contributed by atoms with Crippen LogP contribution in [0.25, 0.3) is 10.8 Å². The molecule has 3 rings (SSSR count). The Balaban J connectivity index is 0.000000228. The Morgan fingerprint density at radius 2 is 1.61 bits per heavy atom. The van der Waals surface area contributed by atoms with Crippen LogP contribution in [0.15, 0.2) is 40.9 Å². The average molecular weight is 378 g/mol. The van der Waals surface area contributed by atoms with Gasteiger partial charge in [-0.1, -0.05) is 67.0 Å². The van der Waals surface area contributed by atoms with E-state index < -0.39 is 0 Å². The zero-order valence-corrected chi connectivity index (χ0v) is 16.3. The third-order valence-electron chi connectivity index (χ3n) is 4.04. The summed E-state index contributed by atoms with van der Waals surface area (Å²) >= 11 is 3.44. The van der Waals surface area contributed by atoms with Crippen molar-refractivity contribution in [3.63, 3.8) is 0 Å². The Labute approximate surface area is 149 Å². The molecule has 0 bridgehead atoms. The lowest BCUT2D eigenvalue weighted by molar-refractivity contribution is 0.112. The van der Waals surface area contributed by atoms with E-state index in [9.17, 15) is 4.79 Å². The topological polar surface area (TPSA) is 20.3 Å². The quantitative estimate of drug-likeness (QED) is 0.586. The smallest absolute Gasteiger partial charge is 0.150 e. The lowest BCUT2D eigenvalue weighted by Crippen LogP contribution is -2.28. The van der Waals surface area contributed by atoms with Crippen molar-refractivity contribution in [3.05, 3.63) is 46.4 Å². The van der Waals surface area contributed by atoms with Gasteiger partial charge in [-0.2, -0.15) is 0 Å². The fourth-order valence-corrected chi connectivity index (χ4v) is 3.03. The number of likely N-dealkylation sites (tertiary alicyclic amines) is 1. The van der Waals surface area contributed by atoms with E-state index in [-0.39, 0.29) is 0 Å². The highest BCUT2D eigenvalue weighted by molar-refractivity contribution is 9.10. The van der Waals surface area contributed by atoms with Crippen molar-refractivity contribution < 1.29 is 4.79 Å². The molecule has 1 saturated heterocycles. The molecule has 0 unspecified atom stereocenters. The molecule has 2 aromatic rings. The first kappa shape index (κ1) is 19.9. The zero-order valence-electron chi connectivity index (χ0n) is 14.7. The Hall–Kier alpha value is -1.19. The Bertz CT molecular complexity index is 594. The van der Waals surface area contributed by atoms with Gasteiger partial charge in [0, 0.05) is 10.0 Å². The van der Waals surface area contributed by atoms with Gasteiger partial charge in [-0.25, -0.2) is 0 Å². The van der Waals surface area contributed by atoms with Crippen LogP contribution in [0, 0.1) is 5.92 Å². The van der Waals surface area contributed by atoms with Crippen LogP contribution in [0.4, 0.5) is 0 Å². The van der Waals surface area contributed by atoms with E-state index in [0.29, 0.717) is 0 Å². The molecule has 0 radical (unpaired) electrons. The third-order valence-corrected chi connectivity index (χ3v) is 4.73. The number of rotatable bonds is 1. The van der Waals surface area contributed by atoms with Crippen LogP contribution in [0.1, 0.15) is 44.0 Å². The molecule has 2 nitrogen and oxygen atoms in total. The number of hydrogen-bond acceptors (Lipinski definition) is 2. The van der Waals surface area contributed by atoms with Crippen LogP contribution in [0.3, 0.4) is 0 Å². The number of benzene rings is 2. The van der Waals surface area contributed by atoms with Gasteiger partial charge in [0.25, 0.3) is 0 Å². The summed E-state index contributed by atoms with van der Waals surface area (Å²) in [4.78, 5) is 13.1. The molecule has 0 spiro atoms. The van der Waals surface area contributed by atoms with E-state index in [1.54, 1.807) is 0 Å². The zero-order chi connectivity index (χ0) is 17.2. The van der Waals surface area contributed by atoms with Gasteiger partial charge >= 0.3 is 0 Å². The maximum atomic E-state index is 10.7. The second-order valence-electron chi connectivity index (χ2n) is 5.79. The van der Waals surface area contributed by atoms with Crippen LogP contribution in [-0.2, 0) is 0 Å². The molecule has 2 aromatic carbocycles. The molecule has 0 aromatic heterocycles. The molecule has 126 valence electrons. The summed E-state index contributed by atoms with van der Waals surface area (Å²) in [6, 6.07) is 11.5. The minimum Gasteiger partial charge on any atom is -0.306 e. The van der Waals surface area contributed by atoms with Gasteiger partial charge in [0.1, 0.15) is 0 Å². The fourth-order valence-electron chi connectivity index (χ4n) is 2.54. The summed E-state index contributed by atoms with van der Waals surface area (Å²) in [5, 5.41) is 2.07. The first-order valence-corrected chi connectivity index (χ1v) is 9.22. The van der Waals surface area contributed by atoms with Gasteiger partial charge < -0.3 is 4.90 Å². The second kappa shape index (κ2) is 10.6. The molecule has 0 saturated carbocycles. The van der Waals surface area contributed by atoms with Gasteiger partial charge in [0.05, 0.1) is 0 Å². The number of nitrogens with zero attached hydrogens (tertiary/aromatic N) is 1. The minimum absolute atomic E-state index is 0.735. The molecule has 3 heteroatoms. The van der Waals surface area contributed by atoms with Crippen LogP contribution in [-0.4, -0.2) is 31.3 Å². The molecule has 1 fully saturated rings. The van der Waals surface area contributed by atoms with Crippen molar-refractivity contribution in [2.45, 2.75) is 33.6 Å². The molecule has 1 aliphatic heterocycles. The molecule has 23 heavy (non-hydrogen) atoms. The van der Waals surface area contributed by atoms with Gasteiger partial charge in [-0.15, -0.1) is 0 Å². The predicted molar refractivity (Wildman–Crippen MR) is 104 cm³/mol. The summed E-state index contributed by atoms with van der Waals surface area (Å²) in [6.07, 6.45) is 3.68. The standard InChI is InChI=1S/C11H7BrO.C7H15N.C2H6/c12-11-6-2-4-9-8(7-13)3-1-5-10(9)11;1-7-3-5-8(2)6-4-7;1-2/h1-7H;7H,3-6H2,1-2H3;1-2H3. The normalized spacial score (nSPS) is 15.2. The number of halogens is 1. The molecular weight excluding hydrogens is 350 g/mol. The maximum Gasteiger partial charge on any atom is 0.150 e. The van der Waals surface area contributed by atoms with E-state index in [1.807, 2.05) is 50.2 Å². The number of carbonyl (C=O) groups excluding carboxylic acids is 1. The highest BCUT2D eigenvalue weighted by Crippen LogP contribution is 2.25. The maximum absolute atomic E-state index is 10.7. The van der Waals surface area contributed by atoms with Crippen LogP contribution in [0.5, 0.6) is 0 Å². The van der Waals surface area contributed by atoms with Crippen molar-refractivity contribution in [1.82, 2.24) is 4.90 Å². The fraction of sp³-hybridized carbons (Fsp3) is 0.450. The summed E-state index contributed by atoms with van der Waals surface area (Å²) in [7, 11) is 2.20. The second-order valence-corrected chi connectivity index (χ2v) is 6.64. The Kier molecular flexibility index (Phi) is 9.12. The van der Waals surface area contributed by atoms with Gasteiger partial charge in [0.2, 0.25) is 0 Å². The minimum atomic E-state index is 0.735. The lowest BCUT2D eigenvalue weighted by Gasteiger charge is -2.26. The van der Waals surface area contributed by atoms with Crippen LogP contribution >= 0.6 is 15.9 Å². The number of fused-ring (bicyclic) bond motifs is 1. The average Bonchev–Trinajstić information content (AvgIpc) is 2.60. The number of piperidine rings is 1. The lowest BCUT2D eigenvalue weighted by atomic mass is 10.00. The molecule has 0 amide bonds. The third kappa shape index (κ3) is 6.08. The molecule has 0 N–H and O–H groups in total. The Morgan fingerprint density at radius 1 is 1.04 bits per heavy atom. The molecule has 1 aliphatic rings. The number of carbonyl (C=O) groups is 1. The summed E-state index contributed by atoms with van der Waals surface area (Å²) < 4.78 is 1.02. The number of hydrogen-bond donors (Lipinski definition) is 0. The van der Waals surface area contributed by atoms with Crippen molar-refractivity contribution in [2.75, 3.05) is 20.1 Å². The summed E-state index contributed by atoms with van der Waals surface area (Å²) in [6.45, 7) is 8.95. The van der Waals surface area contributed by atoms with E-state index in [4.69, 9.17) is 0 Å². The van der Waals surface area contributed by atoms with E-state index in [0.717, 1.165) is 33.0 Å². The highest BCUT2D eigenvalue weighted by atomic mass is 79.9.